The van der Waals surface area contributed by atoms with Crippen LogP contribution in [0.5, 0.6) is 0 Å². The highest BCUT2D eigenvalue weighted by Gasteiger charge is 2.15. The first-order valence-corrected chi connectivity index (χ1v) is 7.84. The molecule has 0 fully saturated rings. The van der Waals surface area contributed by atoms with E-state index in [-0.39, 0.29) is 6.04 Å². The van der Waals surface area contributed by atoms with Gasteiger partial charge in [-0.2, -0.15) is 0 Å². The van der Waals surface area contributed by atoms with Crippen LogP contribution in [-0.2, 0) is 4.79 Å². The van der Waals surface area contributed by atoms with Crippen LogP contribution < -0.4 is 16.4 Å². The Balaban J connectivity index is 0.00000151. The molecule has 2 atom stereocenters. The number of nitrogens with two attached hydrogens (primary N) is 1. The Morgan fingerprint density at radius 1 is 1.08 bits per heavy atom. The van der Waals surface area contributed by atoms with Gasteiger partial charge in [-0.25, -0.2) is 0 Å². The standard InChI is InChI=1S/C19H23N3O.CH2O/c1-15(20)18(17-12-6-3-7-13-17)22-19(23)21-14-8-11-16-9-4-2-5-10-16;1-2/h2-13,18-19,21-23H,1,14,20H2;1H2/b11-8-;. The van der Waals surface area contributed by atoms with E-state index >= 15 is 0 Å². The monoisotopic (exact) mass is 339 g/mol. The van der Waals surface area contributed by atoms with Crippen LogP contribution in [0, 0.1) is 0 Å². The zero-order valence-electron chi connectivity index (χ0n) is 14.1. The quantitative estimate of drug-likeness (QED) is 0.554. The molecule has 0 bridgehead atoms. The molecule has 25 heavy (non-hydrogen) atoms. The molecule has 5 heteroatoms. The van der Waals surface area contributed by atoms with Crippen molar-refractivity contribution in [2.45, 2.75) is 12.4 Å². The minimum Gasteiger partial charge on any atom is -0.401 e. The molecule has 132 valence electrons. The molecule has 2 aromatic rings. The number of benzene rings is 2. The molecule has 5 nitrogen and oxygen atoms in total. The third-order valence-electron chi connectivity index (χ3n) is 3.37. The second-order valence-corrected chi connectivity index (χ2v) is 5.21. The highest BCUT2D eigenvalue weighted by atomic mass is 16.3. The predicted octanol–water partition coefficient (Wildman–Crippen LogP) is 2.18. The maximum absolute atomic E-state index is 10.1. The normalized spacial score (nSPS) is 12.8. The fraction of sp³-hybridized carbons (Fsp3) is 0.150. The lowest BCUT2D eigenvalue weighted by atomic mass is 10.1. The lowest BCUT2D eigenvalue weighted by Crippen LogP contribution is -2.45. The highest BCUT2D eigenvalue weighted by Crippen LogP contribution is 2.16. The molecule has 2 aromatic carbocycles. The van der Waals surface area contributed by atoms with Gasteiger partial charge < -0.3 is 15.6 Å². The van der Waals surface area contributed by atoms with Crippen LogP contribution in [0.4, 0.5) is 0 Å². The lowest BCUT2D eigenvalue weighted by molar-refractivity contribution is -0.0979. The SMILES string of the molecule is C=C(N)C(NC(O)NC/C=C\c1ccccc1)c1ccccc1.C=O. The van der Waals surface area contributed by atoms with Gasteiger partial charge in [0.1, 0.15) is 6.79 Å². The molecular formula is C20H25N3O2. The van der Waals surface area contributed by atoms with Crippen molar-refractivity contribution in [2.24, 2.45) is 5.73 Å². The highest BCUT2D eigenvalue weighted by molar-refractivity contribution is 5.48. The van der Waals surface area contributed by atoms with Gasteiger partial charge in [-0.3, -0.25) is 10.6 Å². The topological polar surface area (TPSA) is 87.4 Å². The summed E-state index contributed by atoms with van der Waals surface area (Å²) < 4.78 is 0. The summed E-state index contributed by atoms with van der Waals surface area (Å²) in [6.07, 6.45) is 3.06. The van der Waals surface area contributed by atoms with E-state index in [0.717, 1.165) is 11.1 Å². The Labute approximate surface area is 148 Å². The van der Waals surface area contributed by atoms with Gasteiger partial charge in [0.2, 0.25) is 0 Å². The number of aliphatic hydroxyl groups excluding tert-OH is 1. The molecule has 0 saturated carbocycles. The summed E-state index contributed by atoms with van der Waals surface area (Å²) in [6.45, 7) is 6.31. The summed E-state index contributed by atoms with van der Waals surface area (Å²) in [5.41, 5.74) is 8.37. The molecule has 0 radical (unpaired) electrons. The largest absolute Gasteiger partial charge is 0.401 e. The molecule has 0 aliphatic heterocycles. The second-order valence-electron chi connectivity index (χ2n) is 5.21. The predicted molar refractivity (Wildman–Crippen MR) is 102 cm³/mol. The van der Waals surface area contributed by atoms with E-state index in [1.165, 1.54) is 0 Å². The first-order valence-electron chi connectivity index (χ1n) is 7.84. The molecule has 0 amide bonds. The van der Waals surface area contributed by atoms with Crippen LogP contribution in [0.15, 0.2) is 79.0 Å². The smallest absolute Gasteiger partial charge is 0.161 e. The fourth-order valence-corrected chi connectivity index (χ4v) is 2.22. The van der Waals surface area contributed by atoms with E-state index in [1.807, 2.05) is 79.6 Å². The molecule has 2 rings (SSSR count). The van der Waals surface area contributed by atoms with Crippen molar-refractivity contribution in [1.82, 2.24) is 10.6 Å². The van der Waals surface area contributed by atoms with Gasteiger partial charge in [0.15, 0.2) is 6.35 Å². The van der Waals surface area contributed by atoms with Crippen molar-refractivity contribution in [3.63, 3.8) is 0 Å². The molecular weight excluding hydrogens is 314 g/mol. The van der Waals surface area contributed by atoms with E-state index in [1.54, 1.807) is 0 Å². The molecule has 0 heterocycles. The summed E-state index contributed by atoms with van der Waals surface area (Å²) >= 11 is 0. The van der Waals surface area contributed by atoms with E-state index < -0.39 is 6.35 Å². The first-order chi connectivity index (χ1) is 12.2. The van der Waals surface area contributed by atoms with E-state index in [9.17, 15) is 5.11 Å². The molecule has 2 unspecified atom stereocenters. The summed E-state index contributed by atoms with van der Waals surface area (Å²) in [5, 5.41) is 16.1. The van der Waals surface area contributed by atoms with Crippen molar-refractivity contribution in [1.29, 1.82) is 0 Å². The van der Waals surface area contributed by atoms with Gasteiger partial charge in [-0.1, -0.05) is 79.4 Å². The second kappa shape index (κ2) is 11.8. The third kappa shape index (κ3) is 7.58. The number of carbonyl (C=O) groups excluding carboxylic acids is 1. The van der Waals surface area contributed by atoms with Crippen LogP contribution in [-0.4, -0.2) is 24.8 Å². The zero-order valence-corrected chi connectivity index (χ0v) is 14.1. The minimum atomic E-state index is -0.888. The summed E-state index contributed by atoms with van der Waals surface area (Å²) in [5.74, 6) is 0. The Morgan fingerprint density at radius 3 is 2.20 bits per heavy atom. The number of nitrogens with one attached hydrogen (secondary N) is 2. The average molecular weight is 339 g/mol. The number of carbonyl (C=O) groups is 1. The van der Waals surface area contributed by atoms with E-state index in [0.29, 0.717) is 12.2 Å². The maximum Gasteiger partial charge on any atom is 0.161 e. The first kappa shape index (κ1) is 20.3. The van der Waals surface area contributed by atoms with Crippen LogP contribution in [0.2, 0.25) is 0 Å². The van der Waals surface area contributed by atoms with Crippen molar-refractivity contribution >= 4 is 12.9 Å². The molecule has 0 aliphatic carbocycles. The number of hydrogen-bond acceptors (Lipinski definition) is 5. The van der Waals surface area contributed by atoms with Crippen LogP contribution in [0.3, 0.4) is 0 Å². The minimum absolute atomic E-state index is 0.309. The van der Waals surface area contributed by atoms with Gasteiger partial charge in [0.25, 0.3) is 0 Å². The summed E-state index contributed by atoms with van der Waals surface area (Å²) in [7, 11) is 0. The van der Waals surface area contributed by atoms with Gasteiger partial charge >= 0.3 is 0 Å². The van der Waals surface area contributed by atoms with Crippen LogP contribution in [0.1, 0.15) is 17.2 Å². The van der Waals surface area contributed by atoms with Gasteiger partial charge in [0.05, 0.1) is 6.04 Å². The number of aliphatic hydroxyl groups is 1. The molecule has 0 saturated heterocycles. The van der Waals surface area contributed by atoms with Crippen LogP contribution in [0.25, 0.3) is 6.08 Å². The fourth-order valence-electron chi connectivity index (χ4n) is 2.22. The van der Waals surface area contributed by atoms with Crippen molar-refractivity contribution in [2.75, 3.05) is 6.54 Å². The average Bonchev–Trinajstić information content (AvgIpc) is 2.66. The summed E-state index contributed by atoms with van der Waals surface area (Å²) in [6, 6.07) is 19.4. The Morgan fingerprint density at radius 2 is 1.64 bits per heavy atom. The van der Waals surface area contributed by atoms with Crippen molar-refractivity contribution in [3.8, 4) is 0 Å². The Hall–Kier alpha value is -2.73. The number of hydrogen-bond donors (Lipinski definition) is 4. The van der Waals surface area contributed by atoms with Crippen molar-refractivity contribution < 1.29 is 9.90 Å². The van der Waals surface area contributed by atoms with E-state index in [4.69, 9.17) is 10.5 Å². The maximum atomic E-state index is 10.1. The van der Waals surface area contributed by atoms with Crippen LogP contribution >= 0.6 is 0 Å². The Kier molecular flexibility index (Phi) is 9.55. The zero-order chi connectivity index (χ0) is 18.5. The van der Waals surface area contributed by atoms with Crippen molar-refractivity contribution in [3.05, 3.63) is 90.1 Å². The van der Waals surface area contributed by atoms with Gasteiger partial charge in [0, 0.05) is 12.2 Å². The molecule has 0 spiro atoms. The van der Waals surface area contributed by atoms with Gasteiger partial charge in [-0.15, -0.1) is 0 Å². The van der Waals surface area contributed by atoms with E-state index in [2.05, 4.69) is 17.2 Å². The molecule has 5 N–H and O–H groups in total. The molecule has 0 aliphatic rings. The summed E-state index contributed by atoms with van der Waals surface area (Å²) in [4.78, 5) is 8.00. The van der Waals surface area contributed by atoms with Gasteiger partial charge in [-0.05, 0) is 11.1 Å². The molecule has 0 aromatic heterocycles. The number of rotatable bonds is 8. The Bertz CT molecular complexity index is 645. The lowest BCUT2D eigenvalue weighted by Gasteiger charge is -2.23. The third-order valence-corrected chi connectivity index (χ3v) is 3.37.